The number of pyridine rings is 1. The Bertz CT molecular complexity index is 563. The van der Waals surface area contributed by atoms with Crippen molar-refractivity contribution in [1.29, 1.82) is 0 Å². The molecule has 0 unspecified atom stereocenters. The minimum absolute atomic E-state index is 0.239. The Morgan fingerprint density at radius 3 is 2.38 bits per heavy atom. The van der Waals surface area contributed by atoms with Crippen molar-refractivity contribution >= 4 is 13.2 Å². The summed E-state index contributed by atoms with van der Waals surface area (Å²) in [6.07, 6.45) is 5.81. The van der Waals surface area contributed by atoms with E-state index in [9.17, 15) is 0 Å². The lowest BCUT2D eigenvalue weighted by Gasteiger charge is -2.32. The van der Waals surface area contributed by atoms with Gasteiger partial charge in [0, 0.05) is 6.20 Å². The number of hydrogen-bond donors (Lipinski definition) is 1. The van der Waals surface area contributed by atoms with Crippen LogP contribution in [0.1, 0.15) is 51.8 Å². The Kier molecular flexibility index (Phi) is 3.28. The normalized spacial score (nSPS) is 25.5. The highest BCUT2D eigenvalue weighted by molar-refractivity contribution is 6.52. The molecule has 0 aromatic carbocycles. The van der Waals surface area contributed by atoms with Crippen LogP contribution in [-0.4, -0.2) is 23.3 Å². The first-order chi connectivity index (χ1) is 9.74. The van der Waals surface area contributed by atoms with Gasteiger partial charge in [-0.15, -0.1) is 0 Å². The quantitative estimate of drug-likeness (QED) is 0.868. The third kappa shape index (κ3) is 2.66. The zero-order chi connectivity index (χ0) is 15.3. The third-order valence-electron chi connectivity index (χ3n) is 4.80. The molecule has 2 heterocycles. The highest BCUT2D eigenvalue weighted by Crippen LogP contribution is 2.43. The fourth-order valence-electron chi connectivity index (χ4n) is 2.49. The topological polar surface area (TPSA) is 57.4 Å². The molecule has 1 saturated heterocycles. The third-order valence-corrected chi connectivity index (χ3v) is 4.80. The summed E-state index contributed by atoms with van der Waals surface area (Å²) >= 11 is 0. The van der Waals surface area contributed by atoms with Crippen LogP contribution >= 0.6 is 0 Å². The van der Waals surface area contributed by atoms with Crippen molar-refractivity contribution in [3.63, 3.8) is 0 Å². The summed E-state index contributed by atoms with van der Waals surface area (Å²) in [5, 5.41) is 0. The van der Waals surface area contributed by atoms with Crippen LogP contribution in [0.2, 0.25) is 0 Å². The van der Waals surface area contributed by atoms with Gasteiger partial charge in [0.05, 0.1) is 22.4 Å². The van der Waals surface area contributed by atoms with Crippen LogP contribution in [0.3, 0.4) is 0 Å². The lowest BCUT2D eigenvalue weighted by Crippen LogP contribution is -2.41. The lowest BCUT2D eigenvalue weighted by atomic mass is 9.88. The molecule has 1 aliphatic carbocycles. The van der Waals surface area contributed by atoms with Gasteiger partial charge in [-0.1, -0.05) is 18.1 Å². The van der Waals surface area contributed by atoms with Crippen molar-refractivity contribution < 1.29 is 9.31 Å². The van der Waals surface area contributed by atoms with Gasteiger partial charge in [-0.3, -0.25) is 4.98 Å². The summed E-state index contributed by atoms with van der Waals surface area (Å²) in [4.78, 5) is 4.46. The zero-order valence-electron chi connectivity index (χ0n) is 13.2. The Balaban J connectivity index is 1.79. The molecule has 1 saturated carbocycles. The van der Waals surface area contributed by atoms with E-state index in [1.807, 2.05) is 24.2 Å². The molecular weight excluding hydrogens is 263 g/mol. The van der Waals surface area contributed by atoms with E-state index in [0.29, 0.717) is 0 Å². The predicted molar refractivity (Wildman–Crippen MR) is 84.5 cm³/mol. The van der Waals surface area contributed by atoms with Crippen molar-refractivity contribution in [2.24, 2.45) is 5.73 Å². The molecule has 21 heavy (non-hydrogen) atoms. The standard InChI is InChI=1S/C16H23BN2O2/c1-14(2)15(3,4)21-17(20-14)10-7-12-6-5-11-19-13(12)16(18)8-9-16/h5-7,10-11H,8-9,18H2,1-4H3/b10-7+. The van der Waals surface area contributed by atoms with Crippen LogP contribution < -0.4 is 5.73 Å². The second-order valence-electron chi connectivity index (χ2n) is 7.08. The molecule has 0 amide bonds. The van der Waals surface area contributed by atoms with E-state index < -0.39 is 0 Å². The summed E-state index contributed by atoms with van der Waals surface area (Å²) in [7, 11) is -0.337. The Hall–Kier alpha value is -1.17. The molecule has 0 atom stereocenters. The van der Waals surface area contributed by atoms with Crippen LogP contribution in [0, 0.1) is 0 Å². The van der Waals surface area contributed by atoms with E-state index in [1.165, 1.54) is 0 Å². The minimum Gasteiger partial charge on any atom is -0.400 e. The van der Waals surface area contributed by atoms with Gasteiger partial charge in [0.15, 0.2) is 0 Å². The summed E-state index contributed by atoms with van der Waals surface area (Å²) < 4.78 is 11.9. The highest BCUT2D eigenvalue weighted by atomic mass is 16.7. The zero-order valence-corrected chi connectivity index (χ0v) is 13.2. The molecule has 5 heteroatoms. The van der Waals surface area contributed by atoms with Crippen molar-refractivity contribution in [2.75, 3.05) is 0 Å². The second-order valence-corrected chi connectivity index (χ2v) is 7.08. The molecule has 1 aliphatic heterocycles. The van der Waals surface area contributed by atoms with Gasteiger partial charge in [0.25, 0.3) is 0 Å². The molecule has 112 valence electrons. The monoisotopic (exact) mass is 286 g/mol. The van der Waals surface area contributed by atoms with E-state index in [2.05, 4.69) is 32.7 Å². The molecule has 2 aliphatic rings. The van der Waals surface area contributed by atoms with Crippen molar-refractivity contribution in [3.05, 3.63) is 35.6 Å². The van der Waals surface area contributed by atoms with Crippen molar-refractivity contribution in [3.8, 4) is 0 Å². The van der Waals surface area contributed by atoms with Gasteiger partial charge >= 0.3 is 7.12 Å². The summed E-state index contributed by atoms with van der Waals surface area (Å²) in [5.74, 6) is 1.95. The van der Waals surface area contributed by atoms with E-state index >= 15 is 0 Å². The molecule has 1 aromatic heterocycles. The van der Waals surface area contributed by atoms with Crippen molar-refractivity contribution in [2.45, 2.75) is 57.3 Å². The van der Waals surface area contributed by atoms with Crippen LogP contribution in [0.4, 0.5) is 0 Å². The smallest absolute Gasteiger partial charge is 0.400 e. The molecule has 4 nitrogen and oxygen atoms in total. The van der Waals surface area contributed by atoms with Crippen LogP contribution in [0.25, 0.3) is 6.08 Å². The minimum atomic E-state index is -0.337. The van der Waals surface area contributed by atoms with Gasteiger partial charge in [0.2, 0.25) is 0 Å². The maximum Gasteiger partial charge on any atom is 0.487 e. The van der Waals surface area contributed by atoms with Gasteiger partial charge < -0.3 is 15.0 Å². The SMILES string of the molecule is CC1(C)OB(/C=C/c2cccnc2C2(N)CC2)OC1(C)C. The van der Waals surface area contributed by atoms with Crippen LogP contribution in [-0.2, 0) is 14.8 Å². The summed E-state index contributed by atoms with van der Waals surface area (Å²) in [6.45, 7) is 8.20. The van der Waals surface area contributed by atoms with Gasteiger partial charge in [-0.05, 0) is 52.2 Å². The van der Waals surface area contributed by atoms with Gasteiger partial charge in [-0.25, -0.2) is 0 Å². The largest absolute Gasteiger partial charge is 0.487 e. The highest BCUT2D eigenvalue weighted by Gasteiger charge is 2.50. The molecular formula is C16H23BN2O2. The number of rotatable bonds is 3. The first-order valence-corrected chi connectivity index (χ1v) is 7.52. The predicted octanol–water partition coefficient (Wildman–Crippen LogP) is 2.67. The summed E-state index contributed by atoms with van der Waals surface area (Å²) in [5.41, 5.74) is 7.43. The molecule has 0 spiro atoms. The Morgan fingerprint density at radius 2 is 1.81 bits per heavy atom. The number of nitrogens with zero attached hydrogens (tertiary/aromatic N) is 1. The fraction of sp³-hybridized carbons (Fsp3) is 0.562. The molecule has 2 fully saturated rings. The molecule has 0 radical (unpaired) electrons. The number of aromatic nitrogens is 1. The molecule has 0 bridgehead atoms. The van der Waals surface area contributed by atoms with E-state index in [1.54, 1.807) is 6.20 Å². The fourth-order valence-corrected chi connectivity index (χ4v) is 2.49. The first-order valence-electron chi connectivity index (χ1n) is 7.52. The van der Waals surface area contributed by atoms with Gasteiger partial charge in [-0.2, -0.15) is 0 Å². The van der Waals surface area contributed by atoms with E-state index in [-0.39, 0.29) is 23.9 Å². The molecule has 3 rings (SSSR count). The van der Waals surface area contributed by atoms with E-state index in [4.69, 9.17) is 15.0 Å². The lowest BCUT2D eigenvalue weighted by molar-refractivity contribution is 0.00578. The average molecular weight is 286 g/mol. The first kappa shape index (κ1) is 14.8. The maximum atomic E-state index is 6.28. The second kappa shape index (κ2) is 4.67. The summed E-state index contributed by atoms with van der Waals surface area (Å²) in [6, 6.07) is 3.97. The Morgan fingerprint density at radius 1 is 1.19 bits per heavy atom. The number of hydrogen-bond acceptors (Lipinski definition) is 4. The van der Waals surface area contributed by atoms with Crippen molar-refractivity contribution in [1.82, 2.24) is 4.98 Å². The van der Waals surface area contributed by atoms with E-state index in [0.717, 1.165) is 24.1 Å². The average Bonchev–Trinajstić information content (AvgIpc) is 3.09. The number of nitrogens with two attached hydrogens (primary N) is 1. The molecule has 2 N–H and O–H groups in total. The molecule has 1 aromatic rings. The van der Waals surface area contributed by atoms with Crippen LogP contribution in [0.5, 0.6) is 0 Å². The maximum absolute atomic E-state index is 6.28. The van der Waals surface area contributed by atoms with Crippen LogP contribution in [0.15, 0.2) is 24.3 Å². The Labute approximate surface area is 126 Å². The van der Waals surface area contributed by atoms with Gasteiger partial charge in [0.1, 0.15) is 0 Å².